The van der Waals surface area contributed by atoms with Crippen LogP contribution in [-0.4, -0.2) is 54.4 Å². The van der Waals surface area contributed by atoms with Crippen molar-refractivity contribution in [2.24, 2.45) is 0 Å². The maximum Gasteiger partial charge on any atom is 0.216 e. The zero-order chi connectivity index (χ0) is 23.0. The second kappa shape index (κ2) is 11.5. The van der Waals surface area contributed by atoms with Gasteiger partial charge >= 0.3 is 0 Å². The summed E-state index contributed by atoms with van der Waals surface area (Å²) < 4.78 is 11.6. The molecule has 32 heavy (non-hydrogen) atoms. The van der Waals surface area contributed by atoms with E-state index >= 15 is 0 Å². The molecule has 3 rings (SSSR count). The molecule has 2 N–H and O–H groups in total. The first kappa shape index (κ1) is 24.4. The summed E-state index contributed by atoms with van der Waals surface area (Å²) >= 11 is 6.22. The van der Waals surface area contributed by atoms with Gasteiger partial charge in [0.25, 0.3) is 0 Å². The minimum absolute atomic E-state index is 0.0236. The van der Waals surface area contributed by atoms with Crippen LogP contribution in [0.25, 0.3) is 0 Å². The van der Waals surface area contributed by atoms with E-state index in [0.717, 1.165) is 37.2 Å². The molecule has 1 saturated heterocycles. The maximum atomic E-state index is 11.1. The van der Waals surface area contributed by atoms with Crippen molar-refractivity contribution in [1.82, 2.24) is 10.2 Å². The molecule has 1 aliphatic heterocycles. The van der Waals surface area contributed by atoms with E-state index in [1.54, 1.807) is 0 Å². The molecule has 2 aromatic carbocycles. The Morgan fingerprint density at radius 3 is 2.75 bits per heavy atom. The third-order valence-electron chi connectivity index (χ3n) is 5.51. The van der Waals surface area contributed by atoms with Crippen molar-refractivity contribution >= 4 is 17.5 Å². The second-order valence-electron chi connectivity index (χ2n) is 8.59. The Morgan fingerprint density at radius 2 is 2.00 bits per heavy atom. The van der Waals surface area contributed by atoms with E-state index in [1.807, 2.05) is 37.3 Å². The minimum atomic E-state index is -0.901. The summed E-state index contributed by atoms with van der Waals surface area (Å²) in [5, 5.41) is 14.4. The van der Waals surface area contributed by atoms with Crippen molar-refractivity contribution in [3.8, 4) is 11.5 Å². The van der Waals surface area contributed by atoms with Gasteiger partial charge in [-0.1, -0.05) is 29.8 Å². The van der Waals surface area contributed by atoms with Crippen LogP contribution in [0.15, 0.2) is 42.5 Å². The maximum absolute atomic E-state index is 11.1. The summed E-state index contributed by atoms with van der Waals surface area (Å²) in [5.74, 6) is 1.41. The highest BCUT2D eigenvalue weighted by Gasteiger charge is 2.34. The van der Waals surface area contributed by atoms with Crippen LogP contribution < -0.4 is 14.8 Å². The number of aliphatic hydroxyl groups is 1. The summed E-state index contributed by atoms with van der Waals surface area (Å²) in [6, 6.07) is 13.7. The monoisotopic (exact) mass is 460 g/mol. The number of amides is 1. The van der Waals surface area contributed by atoms with E-state index in [0.29, 0.717) is 36.9 Å². The van der Waals surface area contributed by atoms with Gasteiger partial charge in [0.15, 0.2) is 0 Å². The molecule has 7 heteroatoms. The van der Waals surface area contributed by atoms with Gasteiger partial charge in [-0.05, 0) is 68.1 Å². The predicted molar refractivity (Wildman–Crippen MR) is 126 cm³/mol. The van der Waals surface area contributed by atoms with Crippen LogP contribution in [0.3, 0.4) is 0 Å². The fraction of sp³-hybridized carbons (Fsp3) is 0.480. The number of hydrogen-bond donors (Lipinski definition) is 2. The smallest absolute Gasteiger partial charge is 0.216 e. The van der Waals surface area contributed by atoms with Gasteiger partial charge in [-0.25, -0.2) is 0 Å². The number of benzene rings is 2. The van der Waals surface area contributed by atoms with Gasteiger partial charge in [-0.3, -0.25) is 9.69 Å². The van der Waals surface area contributed by atoms with E-state index in [2.05, 4.69) is 22.3 Å². The molecule has 0 bridgehead atoms. The van der Waals surface area contributed by atoms with Gasteiger partial charge in [0, 0.05) is 26.6 Å². The standard InChI is InChI=1S/C25H33ClN2O4/c1-19-5-10-23(26)24(15-19)32-18-25(30)11-3-13-28(17-25)16-21-6-8-22(9-7-21)31-14-4-12-27-20(2)29/h5-10,15,30H,3-4,11-14,16-18H2,1-2H3,(H,27,29)/t25-/m0/s1. The van der Waals surface area contributed by atoms with Crippen LogP contribution in [0.2, 0.25) is 5.02 Å². The first-order chi connectivity index (χ1) is 15.3. The normalized spacial score (nSPS) is 18.9. The zero-order valence-electron chi connectivity index (χ0n) is 18.9. The zero-order valence-corrected chi connectivity index (χ0v) is 19.7. The van der Waals surface area contributed by atoms with E-state index in [-0.39, 0.29) is 12.5 Å². The van der Waals surface area contributed by atoms with Crippen molar-refractivity contribution < 1.29 is 19.4 Å². The molecule has 6 nitrogen and oxygen atoms in total. The van der Waals surface area contributed by atoms with E-state index in [9.17, 15) is 9.90 Å². The quantitative estimate of drug-likeness (QED) is 0.525. The van der Waals surface area contributed by atoms with E-state index in [1.165, 1.54) is 12.5 Å². The van der Waals surface area contributed by atoms with Crippen LogP contribution >= 0.6 is 11.6 Å². The number of likely N-dealkylation sites (tertiary alicyclic amines) is 1. The number of ether oxygens (including phenoxy) is 2. The Balaban J connectivity index is 1.46. The molecule has 0 unspecified atom stereocenters. The van der Waals surface area contributed by atoms with Crippen LogP contribution in [0.1, 0.15) is 37.3 Å². The fourth-order valence-corrected chi connectivity index (χ4v) is 4.04. The number of carbonyl (C=O) groups excluding carboxylic acids is 1. The highest BCUT2D eigenvalue weighted by atomic mass is 35.5. The van der Waals surface area contributed by atoms with Crippen LogP contribution in [0.5, 0.6) is 11.5 Å². The van der Waals surface area contributed by atoms with Gasteiger partial charge < -0.3 is 19.9 Å². The molecule has 1 amide bonds. The second-order valence-corrected chi connectivity index (χ2v) is 9.00. The van der Waals surface area contributed by atoms with Gasteiger partial charge in [-0.15, -0.1) is 0 Å². The molecule has 2 aromatic rings. The number of rotatable bonds is 10. The van der Waals surface area contributed by atoms with Crippen molar-refractivity contribution in [2.75, 3.05) is 32.8 Å². The topological polar surface area (TPSA) is 71.0 Å². The largest absolute Gasteiger partial charge is 0.494 e. The molecule has 0 saturated carbocycles. The van der Waals surface area contributed by atoms with Gasteiger partial charge in [0.05, 0.1) is 11.6 Å². The highest BCUT2D eigenvalue weighted by Crippen LogP contribution is 2.29. The first-order valence-corrected chi connectivity index (χ1v) is 11.5. The first-order valence-electron chi connectivity index (χ1n) is 11.1. The molecular weight excluding hydrogens is 428 g/mol. The SMILES string of the molecule is CC(=O)NCCCOc1ccc(CN2CCC[C@@](O)(COc3cc(C)ccc3Cl)C2)cc1. The van der Waals surface area contributed by atoms with Crippen molar-refractivity contribution in [3.05, 3.63) is 58.6 Å². The predicted octanol–water partition coefficient (Wildman–Crippen LogP) is 3.96. The summed E-state index contributed by atoms with van der Waals surface area (Å²) in [6.07, 6.45) is 2.39. The molecule has 174 valence electrons. The Kier molecular flexibility index (Phi) is 8.79. The number of halogens is 1. The lowest BCUT2D eigenvalue weighted by atomic mass is 9.93. The van der Waals surface area contributed by atoms with Gasteiger partial charge in [-0.2, -0.15) is 0 Å². The molecule has 0 radical (unpaired) electrons. The van der Waals surface area contributed by atoms with Crippen molar-refractivity contribution in [3.63, 3.8) is 0 Å². The molecule has 0 aliphatic carbocycles. The van der Waals surface area contributed by atoms with Gasteiger partial charge in [0.1, 0.15) is 23.7 Å². The minimum Gasteiger partial charge on any atom is -0.494 e. The number of carbonyl (C=O) groups is 1. The number of piperidine rings is 1. The average molecular weight is 461 g/mol. The van der Waals surface area contributed by atoms with Crippen molar-refractivity contribution in [2.45, 2.75) is 45.3 Å². The molecular formula is C25H33ClN2O4. The number of nitrogens with one attached hydrogen (secondary N) is 1. The Morgan fingerprint density at radius 1 is 1.22 bits per heavy atom. The Labute approximate surface area is 195 Å². The lowest BCUT2D eigenvalue weighted by Crippen LogP contribution is -2.51. The molecule has 1 heterocycles. The van der Waals surface area contributed by atoms with E-state index in [4.69, 9.17) is 21.1 Å². The third kappa shape index (κ3) is 7.69. The lowest BCUT2D eigenvalue weighted by molar-refractivity contribution is -0.118. The summed E-state index contributed by atoms with van der Waals surface area (Å²) in [6.45, 7) is 7.15. The Hall–Kier alpha value is -2.28. The molecule has 1 fully saturated rings. The molecule has 1 atom stereocenters. The Bertz CT molecular complexity index is 890. The average Bonchev–Trinajstić information content (AvgIpc) is 2.75. The van der Waals surface area contributed by atoms with Crippen LogP contribution in [-0.2, 0) is 11.3 Å². The van der Waals surface area contributed by atoms with Crippen LogP contribution in [0.4, 0.5) is 0 Å². The fourth-order valence-electron chi connectivity index (χ4n) is 3.87. The highest BCUT2D eigenvalue weighted by molar-refractivity contribution is 6.32. The number of nitrogens with zero attached hydrogens (tertiary/aromatic N) is 1. The summed E-state index contributed by atoms with van der Waals surface area (Å²) in [5.41, 5.74) is 1.34. The van der Waals surface area contributed by atoms with E-state index < -0.39 is 5.60 Å². The molecule has 1 aliphatic rings. The molecule has 0 aromatic heterocycles. The number of hydrogen-bond acceptors (Lipinski definition) is 5. The van der Waals surface area contributed by atoms with Crippen LogP contribution in [0, 0.1) is 6.92 Å². The third-order valence-corrected chi connectivity index (χ3v) is 5.82. The number of β-amino-alcohol motifs (C(OH)–C–C–N with tert-alkyl or cyclic N) is 1. The summed E-state index contributed by atoms with van der Waals surface area (Å²) in [7, 11) is 0. The summed E-state index contributed by atoms with van der Waals surface area (Å²) in [4.78, 5) is 13.1. The number of aryl methyl sites for hydroxylation is 1. The van der Waals surface area contributed by atoms with Gasteiger partial charge in [0.2, 0.25) is 5.91 Å². The van der Waals surface area contributed by atoms with Crippen molar-refractivity contribution in [1.29, 1.82) is 0 Å². The molecule has 0 spiro atoms. The lowest BCUT2D eigenvalue weighted by Gasteiger charge is -2.39.